The Morgan fingerprint density at radius 3 is 2.68 bits per heavy atom. The predicted molar refractivity (Wildman–Crippen MR) is 88.9 cm³/mol. The van der Waals surface area contributed by atoms with Crippen molar-refractivity contribution in [2.45, 2.75) is 18.9 Å². The summed E-state index contributed by atoms with van der Waals surface area (Å²) in [6, 6.07) is 7.34. The van der Waals surface area contributed by atoms with Gasteiger partial charge in [-0.3, -0.25) is 4.79 Å². The summed E-state index contributed by atoms with van der Waals surface area (Å²) in [5.74, 6) is 0.405. The van der Waals surface area contributed by atoms with Gasteiger partial charge in [-0.1, -0.05) is 11.6 Å². The lowest BCUT2D eigenvalue weighted by Crippen LogP contribution is -2.41. The Labute approximate surface area is 140 Å². The highest BCUT2D eigenvalue weighted by Gasteiger charge is 2.31. The number of carbonyl (C=O) groups excluding carboxylic acids is 1. The predicted octanol–water partition coefficient (Wildman–Crippen LogP) is 2.41. The lowest BCUT2D eigenvalue weighted by Gasteiger charge is -2.14. The number of rotatable bonds is 5. The number of nitrogens with zero attached hydrogens (tertiary/aromatic N) is 2. The Balaban J connectivity index is 0.00000176. The van der Waals surface area contributed by atoms with Crippen LogP contribution in [0.5, 0.6) is 0 Å². The van der Waals surface area contributed by atoms with Gasteiger partial charge in [0, 0.05) is 23.8 Å². The van der Waals surface area contributed by atoms with Crippen molar-refractivity contribution in [2.24, 2.45) is 11.7 Å². The number of halogens is 2. The molecule has 0 spiro atoms. The van der Waals surface area contributed by atoms with Crippen LogP contribution in [-0.2, 0) is 0 Å². The van der Waals surface area contributed by atoms with Crippen LogP contribution in [0.1, 0.15) is 23.2 Å². The van der Waals surface area contributed by atoms with Crippen molar-refractivity contribution in [3.63, 3.8) is 0 Å². The maximum absolute atomic E-state index is 12.2. The minimum atomic E-state index is -0.127. The zero-order valence-corrected chi connectivity index (χ0v) is 13.5. The van der Waals surface area contributed by atoms with E-state index in [1.54, 1.807) is 29.2 Å². The van der Waals surface area contributed by atoms with E-state index in [1.165, 1.54) is 0 Å². The molecule has 7 heteroatoms. The van der Waals surface area contributed by atoms with Crippen molar-refractivity contribution in [2.75, 3.05) is 6.54 Å². The van der Waals surface area contributed by atoms with E-state index in [2.05, 4.69) is 10.4 Å². The molecular weight excluding hydrogens is 323 g/mol. The van der Waals surface area contributed by atoms with Gasteiger partial charge in [0.05, 0.1) is 17.4 Å². The van der Waals surface area contributed by atoms with Gasteiger partial charge in [0.15, 0.2) is 0 Å². The van der Waals surface area contributed by atoms with Crippen LogP contribution in [0.2, 0.25) is 5.02 Å². The Kier molecular flexibility index (Phi) is 5.45. The first kappa shape index (κ1) is 16.8. The summed E-state index contributed by atoms with van der Waals surface area (Å²) in [6.45, 7) is 0.474. The van der Waals surface area contributed by atoms with E-state index in [1.807, 2.05) is 12.1 Å². The van der Waals surface area contributed by atoms with Crippen LogP contribution in [0.25, 0.3) is 5.69 Å². The molecule has 1 amide bonds. The van der Waals surface area contributed by atoms with Gasteiger partial charge in [0.2, 0.25) is 0 Å². The van der Waals surface area contributed by atoms with Crippen LogP contribution in [0.15, 0.2) is 36.7 Å². The van der Waals surface area contributed by atoms with Crippen molar-refractivity contribution >= 4 is 29.9 Å². The van der Waals surface area contributed by atoms with E-state index in [9.17, 15) is 4.79 Å². The Morgan fingerprint density at radius 2 is 2.09 bits per heavy atom. The maximum Gasteiger partial charge on any atom is 0.254 e. The van der Waals surface area contributed by atoms with Gasteiger partial charge in [-0.25, -0.2) is 4.68 Å². The highest BCUT2D eigenvalue weighted by atomic mass is 35.5. The second kappa shape index (κ2) is 7.13. The first-order valence-electron chi connectivity index (χ1n) is 6.99. The van der Waals surface area contributed by atoms with Crippen molar-refractivity contribution in [1.82, 2.24) is 15.1 Å². The average molecular weight is 341 g/mol. The molecule has 1 fully saturated rings. The number of nitrogens with two attached hydrogens (primary N) is 1. The van der Waals surface area contributed by atoms with E-state index in [-0.39, 0.29) is 24.4 Å². The zero-order valence-electron chi connectivity index (χ0n) is 11.9. The molecule has 118 valence electrons. The summed E-state index contributed by atoms with van der Waals surface area (Å²) in [6.07, 6.45) is 5.56. The van der Waals surface area contributed by atoms with Crippen LogP contribution >= 0.6 is 24.0 Å². The van der Waals surface area contributed by atoms with Crippen LogP contribution in [0.3, 0.4) is 0 Å². The first-order valence-corrected chi connectivity index (χ1v) is 7.36. The van der Waals surface area contributed by atoms with Crippen LogP contribution in [0.4, 0.5) is 0 Å². The van der Waals surface area contributed by atoms with E-state index >= 15 is 0 Å². The molecule has 0 saturated heterocycles. The second-order valence-corrected chi connectivity index (χ2v) is 5.74. The monoisotopic (exact) mass is 340 g/mol. The SMILES string of the molecule is Cl.NCC(NC(=O)c1cnn(-c2ccc(Cl)cc2)c1)C1CC1. The van der Waals surface area contributed by atoms with Crippen LogP contribution in [-0.4, -0.2) is 28.3 Å². The summed E-state index contributed by atoms with van der Waals surface area (Å²) in [5, 5.41) is 7.86. The number of hydrogen-bond acceptors (Lipinski definition) is 3. The lowest BCUT2D eigenvalue weighted by atomic mass is 10.2. The summed E-state index contributed by atoms with van der Waals surface area (Å²) in [7, 11) is 0. The first-order chi connectivity index (χ1) is 10.2. The van der Waals surface area contributed by atoms with Gasteiger partial charge in [0.25, 0.3) is 5.91 Å². The van der Waals surface area contributed by atoms with Gasteiger partial charge in [-0.05, 0) is 43.0 Å². The Hall–Kier alpha value is -1.56. The molecule has 3 rings (SSSR count). The topological polar surface area (TPSA) is 72.9 Å². The molecule has 0 aliphatic heterocycles. The molecule has 1 aliphatic rings. The molecule has 2 aromatic rings. The van der Waals surface area contributed by atoms with E-state index in [0.717, 1.165) is 18.5 Å². The molecule has 1 aromatic carbocycles. The number of benzene rings is 1. The van der Waals surface area contributed by atoms with E-state index in [0.29, 0.717) is 23.0 Å². The molecule has 0 bridgehead atoms. The molecule has 0 radical (unpaired) electrons. The van der Waals surface area contributed by atoms with Crippen molar-refractivity contribution in [3.05, 3.63) is 47.2 Å². The third-order valence-corrected chi connectivity index (χ3v) is 3.95. The molecule has 3 N–H and O–H groups in total. The van der Waals surface area contributed by atoms with Gasteiger partial charge < -0.3 is 11.1 Å². The number of amides is 1. The minimum absolute atomic E-state index is 0. The third-order valence-electron chi connectivity index (χ3n) is 3.70. The number of hydrogen-bond donors (Lipinski definition) is 2. The highest BCUT2D eigenvalue weighted by molar-refractivity contribution is 6.30. The number of carbonyl (C=O) groups is 1. The van der Waals surface area contributed by atoms with Crippen molar-refractivity contribution < 1.29 is 4.79 Å². The fourth-order valence-electron chi connectivity index (χ4n) is 2.29. The highest BCUT2D eigenvalue weighted by Crippen LogP contribution is 2.32. The smallest absolute Gasteiger partial charge is 0.254 e. The molecule has 1 atom stereocenters. The molecule has 1 saturated carbocycles. The van der Waals surface area contributed by atoms with E-state index < -0.39 is 0 Å². The largest absolute Gasteiger partial charge is 0.348 e. The molecule has 1 aliphatic carbocycles. The molecule has 1 aromatic heterocycles. The Morgan fingerprint density at radius 1 is 1.41 bits per heavy atom. The number of aromatic nitrogens is 2. The quantitative estimate of drug-likeness (QED) is 0.877. The molecule has 22 heavy (non-hydrogen) atoms. The van der Waals surface area contributed by atoms with Gasteiger partial charge in [-0.2, -0.15) is 5.10 Å². The second-order valence-electron chi connectivity index (χ2n) is 5.30. The Bertz CT molecular complexity index is 637. The molecule has 1 unspecified atom stereocenters. The lowest BCUT2D eigenvalue weighted by molar-refractivity contribution is 0.0933. The van der Waals surface area contributed by atoms with Crippen molar-refractivity contribution in [1.29, 1.82) is 0 Å². The van der Waals surface area contributed by atoms with Crippen LogP contribution in [0, 0.1) is 5.92 Å². The fourth-order valence-corrected chi connectivity index (χ4v) is 2.42. The molecule has 5 nitrogen and oxygen atoms in total. The third kappa shape index (κ3) is 3.80. The minimum Gasteiger partial charge on any atom is -0.348 e. The number of nitrogens with one attached hydrogen (secondary N) is 1. The summed E-state index contributed by atoms with van der Waals surface area (Å²) in [5.41, 5.74) is 7.09. The zero-order chi connectivity index (χ0) is 14.8. The average Bonchev–Trinajstić information content (AvgIpc) is 3.21. The normalized spacial score (nSPS) is 15.0. The van der Waals surface area contributed by atoms with Gasteiger partial charge in [0.1, 0.15) is 0 Å². The van der Waals surface area contributed by atoms with Gasteiger partial charge >= 0.3 is 0 Å². The van der Waals surface area contributed by atoms with Gasteiger partial charge in [-0.15, -0.1) is 12.4 Å². The maximum atomic E-state index is 12.2. The summed E-state index contributed by atoms with van der Waals surface area (Å²) >= 11 is 5.86. The standard InChI is InChI=1S/C15H17ClN4O.ClH/c16-12-3-5-13(6-4-12)20-9-11(8-18-20)15(21)19-14(7-17)10-1-2-10;/h3-6,8-10,14H,1-2,7,17H2,(H,19,21);1H. The summed E-state index contributed by atoms with van der Waals surface area (Å²) < 4.78 is 1.65. The summed E-state index contributed by atoms with van der Waals surface area (Å²) in [4.78, 5) is 12.2. The molecule has 1 heterocycles. The fraction of sp³-hybridized carbons (Fsp3) is 0.333. The van der Waals surface area contributed by atoms with Crippen LogP contribution < -0.4 is 11.1 Å². The van der Waals surface area contributed by atoms with Crippen molar-refractivity contribution in [3.8, 4) is 5.69 Å². The van der Waals surface area contributed by atoms with E-state index in [4.69, 9.17) is 17.3 Å². The molecular formula is C15H18Cl2N4O.